The van der Waals surface area contributed by atoms with E-state index < -0.39 is 0 Å². The summed E-state index contributed by atoms with van der Waals surface area (Å²) in [5.41, 5.74) is 0.299. The van der Waals surface area contributed by atoms with Gasteiger partial charge in [-0.3, -0.25) is 4.79 Å². The van der Waals surface area contributed by atoms with Crippen molar-refractivity contribution in [3.05, 3.63) is 23.8 Å². The summed E-state index contributed by atoms with van der Waals surface area (Å²) >= 11 is 3.41. The molecule has 0 aromatic heterocycles. The Hall–Kier alpha value is -1.23. The molecule has 0 aliphatic heterocycles. The van der Waals surface area contributed by atoms with Crippen molar-refractivity contribution in [3.8, 4) is 11.5 Å². The number of alkyl halides is 1. The van der Waals surface area contributed by atoms with Gasteiger partial charge in [0, 0.05) is 17.9 Å². The van der Waals surface area contributed by atoms with Gasteiger partial charge in [-0.1, -0.05) is 29.8 Å². The second-order valence-corrected chi connectivity index (χ2v) is 6.32. The molecule has 0 saturated heterocycles. The zero-order valence-electron chi connectivity index (χ0n) is 12.2. The minimum Gasteiger partial charge on any atom is -0.507 e. The van der Waals surface area contributed by atoms with Crippen LogP contribution in [0, 0.1) is 5.41 Å². The van der Waals surface area contributed by atoms with Crippen LogP contribution in [0.1, 0.15) is 37.0 Å². The summed E-state index contributed by atoms with van der Waals surface area (Å²) in [6.45, 7) is 4.80. The predicted molar refractivity (Wildman–Crippen MR) is 83.8 cm³/mol. The van der Waals surface area contributed by atoms with Gasteiger partial charge >= 0.3 is 0 Å². The van der Waals surface area contributed by atoms with E-state index in [9.17, 15) is 9.90 Å². The lowest BCUT2D eigenvalue weighted by molar-refractivity contribution is 0.0932. The van der Waals surface area contributed by atoms with Crippen molar-refractivity contribution in [2.45, 2.75) is 26.7 Å². The Labute approximate surface area is 128 Å². The normalized spacial score (nSPS) is 11.2. The first-order chi connectivity index (χ1) is 9.39. The highest BCUT2D eigenvalue weighted by Crippen LogP contribution is 2.25. The van der Waals surface area contributed by atoms with Gasteiger partial charge in [0.2, 0.25) is 0 Å². The number of aromatic hydroxyl groups is 1. The molecule has 20 heavy (non-hydrogen) atoms. The first-order valence-corrected chi connectivity index (χ1v) is 7.73. The van der Waals surface area contributed by atoms with Gasteiger partial charge in [-0.15, -0.1) is 0 Å². The molecule has 1 aromatic rings. The van der Waals surface area contributed by atoms with Crippen molar-refractivity contribution in [1.29, 1.82) is 0 Å². The third-order valence-electron chi connectivity index (χ3n) is 3.16. The molecule has 112 valence electrons. The van der Waals surface area contributed by atoms with Gasteiger partial charge in [0.1, 0.15) is 11.5 Å². The van der Waals surface area contributed by atoms with Gasteiger partial charge < -0.3 is 15.2 Å². The van der Waals surface area contributed by atoms with Gasteiger partial charge in [0.05, 0.1) is 12.7 Å². The molecule has 0 bridgehead atoms. The van der Waals surface area contributed by atoms with Gasteiger partial charge in [-0.2, -0.15) is 0 Å². The Balaban J connectivity index is 2.63. The van der Waals surface area contributed by atoms with E-state index in [0.717, 1.165) is 18.2 Å². The summed E-state index contributed by atoms with van der Waals surface area (Å²) in [5.74, 6) is 0.189. The van der Waals surface area contributed by atoms with E-state index in [1.165, 1.54) is 13.2 Å². The maximum Gasteiger partial charge on any atom is 0.255 e. The second-order valence-electron chi connectivity index (χ2n) is 5.52. The largest absolute Gasteiger partial charge is 0.507 e. The third kappa shape index (κ3) is 5.04. The number of halogens is 1. The van der Waals surface area contributed by atoms with Crippen LogP contribution in [-0.4, -0.2) is 30.0 Å². The zero-order valence-corrected chi connectivity index (χ0v) is 13.8. The number of nitrogens with one attached hydrogen (secondary N) is 1. The molecule has 0 heterocycles. The monoisotopic (exact) mass is 343 g/mol. The van der Waals surface area contributed by atoms with Crippen LogP contribution >= 0.6 is 15.9 Å². The molecular weight excluding hydrogens is 322 g/mol. The smallest absolute Gasteiger partial charge is 0.255 e. The standard InChI is InChI=1S/C15H22BrNO3/c1-15(2,7-4-8-16)10-17-14(19)12-6-5-11(20-3)9-13(12)18/h5-6,9,18H,4,7-8,10H2,1-3H3,(H,17,19). The van der Waals surface area contributed by atoms with Crippen molar-refractivity contribution >= 4 is 21.8 Å². The number of carbonyl (C=O) groups is 1. The molecule has 1 amide bonds. The van der Waals surface area contributed by atoms with E-state index in [2.05, 4.69) is 35.1 Å². The van der Waals surface area contributed by atoms with E-state index in [4.69, 9.17) is 4.74 Å². The van der Waals surface area contributed by atoms with Crippen molar-refractivity contribution < 1.29 is 14.6 Å². The number of hydrogen-bond donors (Lipinski definition) is 2. The van der Waals surface area contributed by atoms with Crippen molar-refractivity contribution in [2.24, 2.45) is 5.41 Å². The van der Waals surface area contributed by atoms with Gasteiger partial charge in [-0.25, -0.2) is 0 Å². The summed E-state index contributed by atoms with van der Waals surface area (Å²) in [4.78, 5) is 12.1. The predicted octanol–water partition coefficient (Wildman–Crippen LogP) is 3.33. The summed E-state index contributed by atoms with van der Waals surface area (Å²) in [5, 5.41) is 13.7. The summed E-state index contributed by atoms with van der Waals surface area (Å²) in [7, 11) is 1.51. The average molecular weight is 344 g/mol. The molecule has 0 atom stereocenters. The molecule has 5 heteroatoms. The fraction of sp³-hybridized carbons (Fsp3) is 0.533. The number of hydrogen-bond acceptors (Lipinski definition) is 3. The van der Waals surface area contributed by atoms with Crippen LogP contribution in [0.3, 0.4) is 0 Å². The zero-order chi connectivity index (χ0) is 15.2. The maximum absolute atomic E-state index is 12.1. The van der Waals surface area contributed by atoms with Gasteiger partial charge in [-0.05, 0) is 30.4 Å². The summed E-state index contributed by atoms with van der Waals surface area (Å²) in [6, 6.07) is 4.66. The Morgan fingerprint density at radius 3 is 2.70 bits per heavy atom. The number of rotatable bonds is 7. The van der Waals surface area contributed by atoms with E-state index in [1.807, 2.05) is 0 Å². The highest BCUT2D eigenvalue weighted by Gasteiger charge is 2.20. The maximum atomic E-state index is 12.1. The number of phenols is 1. The molecule has 0 fully saturated rings. The topological polar surface area (TPSA) is 58.6 Å². The molecule has 0 saturated carbocycles. The lowest BCUT2D eigenvalue weighted by atomic mass is 9.88. The molecule has 0 radical (unpaired) electrons. The minimum absolute atomic E-state index is 0.0333. The number of carbonyl (C=O) groups excluding carboxylic acids is 1. The molecular formula is C15H22BrNO3. The average Bonchev–Trinajstić information content (AvgIpc) is 2.42. The van der Waals surface area contributed by atoms with E-state index in [1.54, 1.807) is 12.1 Å². The SMILES string of the molecule is COc1ccc(C(=O)NCC(C)(C)CCCBr)c(O)c1. The summed E-state index contributed by atoms with van der Waals surface area (Å²) in [6.07, 6.45) is 2.09. The molecule has 1 rings (SSSR count). The highest BCUT2D eigenvalue weighted by molar-refractivity contribution is 9.09. The summed E-state index contributed by atoms with van der Waals surface area (Å²) < 4.78 is 4.99. The van der Waals surface area contributed by atoms with Gasteiger partial charge in [0.25, 0.3) is 5.91 Å². The van der Waals surface area contributed by atoms with Crippen molar-refractivity contribution in [3.63, 3.8) is 0 Å². The lowest BCUT2D eigenvalue weighted by Gasteiger charge is -2.24. The number of ether oxygens (including phenoxy) is 1. The lowest BCUT2D eigenvalue weighted by Crippen LogP contribution is -2.34. The molecule has 1 aromatic carbocycles. The van der Waals surface area contributed by atoms with Crippen LogP contribution in [0.25, 0.3) is 0 Å². The van der Waals surface area contributed by atoms with E-state index in [0.29, 0.717) is 12.3 Å². The number of methoxy groups -OCH3 is 1. The minimum atomic E-state index is -0.267. The highest BCUT2D eigenvalue weighted by atomic mass is 79.9. The van der Waals surface area contributed by atoms with Crippen LogP contribution < -0.4 is 10.1 Å². The van der Waals surface area contributed by atoms with E-state index >= 15 is 0 Å². The number of benzene rings is 1. The molecule has 0 aliphatic rings. The first kappa shape index (κ1) is 16.8. The quantitative estimate of drug-likeness (QED) is 0.746. The Kier molecular flexibility index (Phi) is 6.33. The van der Waals surface area contributed by atoms with Crippen LogP contribution in [0.4, 0.5) is 0 Å². The van der Waals surface area contributed by atoms with E-state index in [-0.39, 0.29) is 22.6 Å². The van der Waals surface area contributed by atoms with Gasteiger partial charge in [0.15, 0.2) is 0 Å². The number of phenolic OH excluding ortho intramolecular Hbond substituents is 1. The second kappa shape index (κ2) is 7.53. The molecule has 2 N–H and O–H groups in total. The van der Waals surface area contributed by atoms with Crippen LogP contribution in [0.2, 0.25) is 0 Å². The van der Waals surface area contributed by atoms with Crippen molar-refractivity contribution in [2.75, 3.05) is 19.0 Å². The molecule has 0 spiro atoms. The fourth-order valence-electron chi connectivity index (χ4n) is 1.88. The Bertz CT molecular complexity index is 460. The Morgan fingerprint density at radius 2 is 2.15 bits per heavy atom. The molecule has 0 unspecified atom stereocenters. The fourth-order valence-corrected chi connectivity index (χ4v) is 2.16. The van der Waals surface area contributed by atoms with Crippen LogP contribution in [0.5, 0.6) is 11.5 Å². The first-order valence-electron chi connectivity index (χ1n) is 6.61. The van der Waals surface area contributed by atoms with Crippen molar-refractivity contribution in [1.82, 2.24) is 5.32 Å². The third-order valence-corrected chi connectivity index (χ3v) is 3.72. The van der Waals surface area contributed by atoms with Crippen LogP contribution in [-0.2, 0) is 0 Å². The molecule has 4 nitrogen and oxygen atoms in total. The number of amides is 1. The molecule has 0 aliphatic carbocycles. The van der Waals surface area contributed by atoms with Crippen LogP contribution in [0.15, 0.2) is 18.2 Å². The Morgan fingerprint density at radius 1 is 1.45 bits per heavy atom.